The third-order valence-electron chi connectivity index (χ3n) is 12.6. The van der Waals surface area contributed by atoms with Gasteiger partial charge >= 0.3 is 0 Å². The van der Waals surface area contributed by atoms with Crippen molar-refractivity contribution in [3.63, 3.8) is 0 Å². The van der Waals surface area contributed by atoms with Crippen molar-refractivity contribution >= 4 is 15.9 Å². The number of benzene rings is 8. The molecule has 8 rings (SSSR count). The van der Waals surface area contributed by atoms with Gasteiger partial charge in [0.15, 0.2) is 5.78 Å². The van der Waals surface area contributed by atoms with E-state index in [-0.39, 0.29) is 16.2 Å². The Morgan fingerprint density at radius 3 is 1.56 bits per heavy atom. The van der Waals surface area contributed by atoms with Crippen LogP contribution in [0.3, 0.4) is 0 Å². The summed E-state index contributed by atoms with van der Waals surface area (Å²) >= 11 is 0. The molecule has 0 fully saturated rings. The van der Waals surface area contributed by atoms with Crippen molar-refractivity contribution < 1.29 is 27.2 Å². The molecule has 336 valence electrons. The van der Waals surface area contributed by atoms with Crippen LogP contribution < -0.4 is 9.47 Å². The van der Waals surface area contributed by atoms with Crippen molar-refractivity contribution in [2.24, 2.45) is 0 Å². The van der Waals surface area contributed by atoms with E-state index in [9.17, 15) is 28.3 Å². The van der Waals surface area contributed by atoms with Gasteiger partial charge in [0.2, 0.25) is 0 Å². The zero-order valence-corrected chi connectivity index (χ0v) is 39.4. The van der Waals surface area contributed by atoms with Gasteiger partial charge < -0.3 is 9.47 Å². The molecule has 1 N–H and O–H groups in total. The SMILES string of the molecule is Cc1cc(-c2cccc(Oc3ccc(C(C)(C)c4cccc(C(C)(C)c5ccc(Oc6cccc(-c7ccc(C)cc7C(=O)c7ccccc7)c6C#N)cc5)c4)cc3)c2C#N)cc(S(=O)(=O)O)c1. The van der Waals surface area contributed by atoms with Gasteiger partial charge in [0.25, 0.3) is 10.1 Å². The highest BCUT2D eigenvalue weighted by Crippen LogP contribution is 2.41. The van der Waals surface area contributed by atoms with E-state index < -0.39 is 20.9 Å². The smallest absolute Gasteiger partial charge is 0.294 e. The lowest BCUT2D eigenvalue weighted by Gasteiger charge is -2.31. The van der Waals surface area contributed by atoms with Gasteiger partial charge in [0, 0.05) is 33.1 Å². The van der Waals surface area contributed by atoms with Gasteiger partial charge in [0.05, 0.1) is 4.90 Å². The maximum absolute atomic E-state index is 13.7. The zero-order valence-electron chi connectivity index (χ0n) is 38.5. The third kappa shape index (κ3) is 9.45. The van der Waals surface area contributed by atoms with Crippen LogP contribution in [0.5, 0.6) is 23.0 Å². The molecular weight excluding hydrogens is 865 g/mol. The Bertz CT molecular complexity index is 3420. The molecule has 0 unspecified atom stereocenters. The highest BCUT2D eigenvalue weighted by Gasteiger charge is 2.29. The van der Waals surface area contributed by atoms with E-state index in [1.165, 1.54) is 12.1 Å². The maximum atomic E-state index is 13.7. The number of hydrogen-bond donors (Lipinski definition) is 1. The second kappa shape index (κ2) is 18.7. The minimum atomic E-state index is -4.45. The molecule has 9 heteroatoms. The Kier molecular flexibility index (Phi) is 12.7. The summed E-state index contributed by atoms with van der Waals surface area (Å²) in [6, 6.07) is 58.7. The van der Waals surface area contributed by atoms with Crippen molar-refractivity contribution in [1.29, 1.82) is 10.5 Å². The Balaban J connectivity index is 1.000. The summed E-state index contributed by atoms with van der Waals surface area (Å²) in [7, 11) is -4.45. The summed E-state index contributed by atoms with van der Waals surface area (Å²) in [5, 5.41) is 20.7. The molecule has 0 atom stereocenters. The quantitative estimate of drug-likeness (QED) is 0.0891. The number of ether oxygens (including phenoxy) is 2. The summed E-state index contributed by atoms with van der Waals surface area (Å²) in [4.78, 5) is 13.5. The molecule has 0 heterocycles. The largest absolute Gasteiger partial charge is 0.456 e. The molecule has 0 amide bonds. The second-order valence-electron chi connectivity index (χ2n) is 17.9. The fourth-order valence-corrected chi connectivity index (χ4v) is 9.18. The van der Waals surface area contributed by atoms with Crippen LogP contribution in [0, 0.1) is 36.5 Å². The van der Waals surface area contributed by atoms with E-state index in [0.717, 1.165) is 27.8 Å². The maximum Gasteiger partial charge on any atom is 0.294 e. The first-order chi connectivity index (χ1) is 32.5. The molecule has 0 aromatic heterocycles. The van der Waals surface area contributed by atoms with Crippen LogP contribution in [0.2, 0.25) is 0 Å². The lowest BCUT2D eigenvalue weighted by atomic mass is 9.73. The van der Waals surface area contributed by atoms with Gasteiger partial charge in [0.1, 0.15) is 46.3 Å². The van der Waals surface area contributed by atoms with Crippen molar-refractivity contribution in [3.05, 3.63) is 232 Å². The van der Waals surface area contributed by atoms with E-state index in [2.05, 4.69) is 64.1 Å². The van der Waals surface area contributed by atoms with Crippen LogP contribution in [-0.2, 0) is 20.9 Å². The number of nitrogens with zero attached hydrogens (tertiary/aromatic N) is 2. The number of ketones is 1. The number of aryl methyl sites for hydroxylation is 2. The molecule has 0 aliphatic carbocycles. The topological polar surface area (TPSA) is 137 Å². The van der Waals surface area contributed by atoms with E-state index in [0.29, 0.717) is 67.5 Å². The average molecular weight is 913 g/mol. The number of rotatable bonds is 13. The fourth-order valence-electron chi connectivity index (χ4n) is 8.57. The van der Waals surface area contributed by atoms with Gasteiger partial charge in [-0.1, -0.05) is 155 Å². The Morgan fingerprint density at radius 2 is 1.03 bits per heavy atom. The molecular formula is C59H48N2O6S. The van der Waals surface area contributed by atoms with E-state index in [4.69, 9.17) is 9.47 Å². The van der Waals surface area contributed by atoms with Crippen LogP contribution in [0.1, 0.15) is 88.1 Å². The van der Waals surface area contributed by atoms with Crippen LogP contribution in [-0.4, -0.2) is 18.8 Å². The summed E-state index contributed by atoms with van der Waals surface area (Å²) in [5.74, 6) is 1.68. The molecule has 68 heavy (non-hydrogen) atoms. The van der Waals surface area contributed by atoms with E-state index >= 15 is 0 Å². The van der Waals surface area contributed by atoms with Gasteiger partial charge in [-0.3, -0.25) is 9.35 Å². The van der Waals surface area contributed by atoms with Crippen molar-refractivity contribution in [3.8, 4) is 57.4 Å². The predicted molar refractivity (Wildman–Crippen MR) is 266 cm³/mol. The van der Waals surface area contributed by atoms with Crippen LogP contribution in [0.25, 0.3) is 22.3 Å². The number of carbonyl (C=O) groups excluding carboxylic acids is 1. The predicted octanol–water partition coefficient (Wildman–Crippen LogP) is 14.1. The Labute approximate surface area is 398 Å². The summed E-state index contributed by atoms with van der Waals surface area (Å²) in [6.07, 6.45) is 0. The molecule has 0 saturated carbocycles. The molecule has 0 aliphatic heterocycles. The van der Waals surface area contributed by atoms with Crippen molar-refractivity contribution in [2.75, 3.05) is 0 Å². The third-order valence-corrected chi connectivity index (χ3v) is 13.4. The molecule has 8 nitrogen and oxygen atoms in total. The molecule has 0 bridgehead atoms. The first-order valence-corrected chi connectivity index (χ1v) is 23.5. The highest BCUT2D eigenvalue weighted by molar-refractivity contribution is 7.85. The van der Waals surface area contributed by atoms with Gasteiger partial charge in [-0.25, -0.2) is 0 Å². The minimum absolute atomic E-state index is 0.118. The lowest BCUT2D eigenvalue weighted by molar-refractivity contribution is 0.103. The summed E-state index contributed by atoms with van der Waals surface area (Å²) in [5.41, 5.74) is 8.99. The highest BCUT2D eigenvalue weighted by atomic mass is 32.2. The van der Waals surface area contributed by atoms with Crippen LogP contribution in [0.15, 0.2) is 181 Å². The Hall–Kier alpha value is -8.08. The lowest BCUT2D eigenvalue weighted by Crippen LogP contribution is -2.22. The second-order valence-corrected chi connectivity index (χ2v) is 19.3. The van der Waals surface area contributed by atoms with E-state index in [1.807, 2.05) is 104 Å². The van der Waals surface area contributed by atoms with Gasteiger partial charge in [-0.15, -0.1) is 0 Å². The van der Waals surface area contributed by atoms with Crippen molar-refractivity contribution in [1.82, 2.24) is 0 Å². The first-order valence-electron chi connectivity index (χ1n) is 22.0. The zero-order chi connectivity index (χ0) is 48.4. The van der Waals surface area contributed by atoms with Crippen LogP contribution >= 0.6 is 0 Å². The fraction of sp³-hybridized carbons (Fsp3) is 0.136. The van der Waals surface area contributed by atoms with Crippen molar-refractivity contribution in [2.45, 2.75) is 57.3 Å². The number of nitriles is 2. The molecule has 0 saturated heterocycles. The molecule has 0 radical (unpaired) electrons. The van der Waals surface area contributed by atoms with E-state index in [1.54, 1.807) is 49.4 Å². The monoisotopic (exact) mass is 912 g/mol. The average Bonchev–Trinajstić information content (AvgIpc) is 3.34. The normalized spacial score (nSPS) is 11.6. The number of hydrogen-bond acceptors (Lipinski definition) is 7. The van der Waals surface area contributed by atoms with Gasteiger partial charge in [-0.05, 0) is 107 Å². The summed E-state index contributed by atoms with van der Waals surface area (Å²) < 4.78 is 46.3. The van der Waals surface area contributed by atoms with Crippen LogP contribution in [0.4, 0.5) is 0 Å². The van der Waals surface area contributed by atoms with Gasteiger partial charge in [-0.2, -0.15) is 18.9 Å². The minimum Gasteiger partial charge on any atom is -0.456 e. The first kappa shape index (κ1) is 46.4. The molecule has 0 spiro atoms. The number of carbonyl (C=O) groups is 1. The molecule has 8 aromatic carbocycles. The Morgan fingerprint density at radius 1 is 0.515 bits per heavy atom. The molecule has 0 aliphatic rings. The standard InChI is InChI=1S/C59H48N2O6S/c1-38-21-30-51(52(33-38)57(62)40-13-8-7-9-14-40)50-18-12-20-56(54(50)37-61)67-47-28-24-43(25-29-47)59(5,6)45-16-10-15-44(35-45)58(3,4)42-22-26-46(27-23-42)66-55-19-11-17-49(53(55)36-60)41-31-39(2)32-48(34-41)68(63,64)65/h7-35H,1-6H3,(H,63,64,65). The summed E-state index contributed by atoms with van der Waals surface area (Å²) in [6.45, 7) is 12.4. The molecule has 8 aromatic rings.